The van der Waals surface area contributed by atoms with E-state index in [0.29, 0.717) is 23.3 Å². The highest BCUT2D eigenvalue weighted by atomic mass is 32.2. The Hall–Kier alpha value is -1.89. The molecule has 1 saturated carbocycles. The van der Waals surface area contributed by atoms with Gasteiger partial charge >= 0.3 is 5.97 Å². The maximum Gasteiger partial charge on any atom is 0.307 e. The number of aliphatic carboxylic acids is 1. The summed E-state index contributed by atoms with van der Waals surface area (Å²) in [6.07, 6.45) is 1.72. The zero-order valence-electron chi connectivity index (χ0n) is 10.1. The van der Waals surface area contributed by atoms with Gasteiger partial charge in [-0.1, -0.05) is 0 Å². The third kappa shape index (κ3) is 2.10. The summed E-state index contributed by atoms with van der Waals surface area (Å²) in [5.74, 6) is -0.670. The molecular formula is C12H12N2O4S. The lowest BCUT2D eigenvalue weighted by molar-refractivity contribution is -0.138. The molecule has 2 aromatic rings. The molecule has 19 heavy (non-hydrogen) atoms. The number of rotatable bonds is 3. The van der Waals surface area contributed by atoms with Crippen LogP contribution in [0, 0.1) is 5.92 Å². The first kappa shape index (κ1) is 12.2. The quantitative estimate of drug-likeness (QED) is 0.878. The van der Waals surface area contributed by atoms with Crippen LogP contribution in [0.4, 0.5) is 0 Å². The molecular weight excluding hydrogens is 268 g/mol. The Morgan fingerprint density at radius 3 is 2.79 bits per heavy atom. The van der Waals surface area contributed by atoms with Gasteiger partial charge in [-0.2, -0.15) is 0 Å². The number of benzene rings is 1. The van der Waals surface area contributed by atoms with E-state index in [0.717, 1.165) is 6.26 Å². The molecule has 3 rings (SSSR count). The molecule has 0 saturated heterocycles. The molecule has 0 aliphatic heterocycles. The lowest BCUT2D eigenvalue weighted by Gasteiger charge is -1.96. The Morgan fingerprint density at radius 1 is 1.47 bits per heavy atom. The molecule has 1 fully saturated rings. The van der Waals surface area contributed by atoms with Crippen molar-refractivity contribution in [3.8, 4) is 0 Å². The van der Waals surface area contributed by atoms with E-state index in [-0.39, 0.29) is 16.7 Å². The van der Waals surface area contributed by atoms with E-state index in [4.69, 9.17) is 5.11 Å². The van der Waals surface area contributed by atoms with E-state index in [1.54, 1.807) is 6.07 Å². The lowest BCUT2D eigenvalue weighted by atomic mass is 10.3. The van der Waals surface area contributed by atoms with Gasteiger partial charge in [0, 0.05) is 12.2 Å². The molecule has 1 aromatic carbocycles. The number of imidazole rings is 1. The zero-order chi connectivity index (χ0) is 13.8. The van der Waals surface area contributed by atoms with Gasteiger partial charge in [-0.05, 0) is 24.6 Å². The van der Waals surface area contributed by atoms with Gasteiger partial charge in [-0.3, -0.25) is 4.79 Å². The van der Waals surface area contributed by atoms with E-state index in [2.05, 4.69) is 9.97 Å². The first-order chi connectivity index (χ1) is 8.86. The standard InChI is InChI=1S/C12H12N2O4S/c1-19(17,18)6-2-3-9-10(4-6)14-11(13-9)7-5-8(7)12(15)16/h2-4,7-8H,5H2,1H3,(H,13,14)(H,15,16). The molecule has 0 spiro atoms. The van der Waals surface area contributed by atoms with Crippen molar-refractivity contribution < 1.29 is 18.3 Å². The minimum absolute atomic E-state index is 0.0911. The number of aromatic nitrogens is 2. The smallest absolute Gasteiger partial charge is 0.307 e. The van der Waals surface area contributed by atoms with Gasteiger partial charge in [-0.25, -0.2) is 13.4 Å². The lowest BCUT2D eigenvalue weighted by Crippen LogP contribution is -1.99. The summed E-state index contributed by atoms with van der Waals surface area (Å²) in [5, 5.41) is 8.89. The molecule has 1 aromatic heterocycles. The van der Waals surface area contributed by atoms with Gasteiger partial charge in [0.15, 0.2) is 9.84 Å². The second-order valence-corrected chi connectivity index (χ2v) is 6.88. The number of carboxylic acids is 1. The van der Waals surface area contributed by atoms with Crippen LogP contribution < -0.4 is 0 Å². The van der Waals surface area contributed by atoms with Crippen LogP contribution in [0.5, 0.6) is 0 Å². The van der Waals surface area contributed by atoms with Crippen molar-refractivity contribution in [2.45, 2.75) is 17.2 Å². The molecule has 2 unspecified atom stereocenters. The number of hydrogen-bond acceptors (Lipinski definition) is 4. The predicted octanol–water partition coefficient (Wildman–Crippen LogP) is 1.15. The maximum atomic E-state index is 11.5. The average molecular weight is 280 g/mol. The van der Waals surface area contributed by atoms with Crippen LogP contribution >= 0.6 is 0 Å². The van der Waals surface area contributed by atoms with Gasteiger partial charge < -0.3 is 10.1 Å². The fourth-order valence-electron chi connectivity index (χ4n) is 2.18. The summed E-state index contributed by atoms with van der Waals surface area (Å²) in [7, 11) is -3.26. The van der Waals surface area contributed by atoms with Gasteiger partial charge in [0.05, 0.1) is 21.8 Å². The number of sulfone groups is 1. The van der Waals surface area contributed by atoms with Crippen LogP contribution in [-0.4, -0.2) is 35.7 Å². The van der Waals surface area contributed by atoms with Crippen molar-refractivity contribution in [1.82, 2.24) is 9.97 Å². The van der Waals surface area contributed by atoms with Crippen molar-refractivity contribution >= 4 is 26.8 Å². The fourth-order valence-corrected chi connectivity index (χ4v) is 2.83. The number of carbonyl (C=O) groups is 1. The summed E-state index contributed by atoms with van der Waals surface area (Å²) in [6, 6.07) is 4.66. The van der Waals surface area contributed by atoms with E-state index >= 15 is 0 Å². The van der Waals surface area contributed by atoms with E-state index in [9.17, 15) is 13.2 Å². The monoisotopic (exact) mass is 280 g/mol. The van der Waals surface area contributed by atoms with E-state index in [1.807, 2.05) is 0 Å². The minimum Gasteiger partial charge on any atom is -0.481 e. The second-order valence-electron chi connectivity index (χ2n) is 4.86. The SMILES string of the molecule is CS(=O)(=O)c1ccc2nc(C3CC3C(=O)O)[nH]c2c1. The van der Waals surface area contributed by atoms with E-state index in [1.165, 1.54) is 12.1 Å². The normalized spacial score (nSPS) is 22.6. The van der Waals surface area contributed by atoms with Crippen LogP contribution in [0.2, 0.25) is 0 Å². The third-order valence-corrected chi connectivity index (χ3v) is 4.47. The summed E-state index contributed by atoms with van der Waals surface area (Å²) in [5.41, 5.74) is 1.27. The number of nitrogens with zero attached hydrogens (tertiary/aromatic N) is 1. The fraction of sp³-hybridized carbons (Fsp3) is 0.333. The molecule has 2 N–H and O–H groups in total. The van der Waals surface area contributed by atoms with Crippen molar-refractivity contribution in [3.05, 3.63) is 24.0 Å². The van der Waals surface area contributed by atoms with Crippen molar-refractivity contribution in [3.63, 3.8) is 0 Å². The Balaban J connectivity index is 2.01. The van der Waals surface area contributed by atoms with Crippen LogP contribution in [0.25, 0.3) is 11.0 Å². The van der Waals surface area contributed by atoms with Crippen LogP contribution in [0.1, 0.15) is 18.2 Å². The van der Waals surface area contributed by atoms with Crippen LogP contribution in [-0.2, 0) is 14.6 Å². The number of aromatic amines is 1. The molecule has 1 aliphatic carbocycles. The number of nitrogens with one attached hydrogen (secondary N) is 1. The first-order valence-corrected chi connectivity index (χ1v) is 7.68. The Kier molecular flexibility index (Phi) is 2.43. The zero-order valence-corrected chi connectivity index (χ0v) is 10.9. The molecule has 0 amide bonds. The predicted molar refractivity (Wildman–Crippen MR) is 67.7 cm³/mol. The maximum absolute atomic E-state index is 11.5. The van der Waals surface area contributed by atoms with Crippen molar-refractivity contribution in [2.24, 2.45) is 5.92 Å². The Labute approximate surface area is 109 Å². The summed E-state index contributed by atoms with van der Waals surface area (Å²) in [4.78, 5) is 18.4. The molecule has 100 valence electrons. The topological polar surface area (TPSA) is 100 Å². The van der Waals surface area contributed by atoms with Gasteiger partial charge in [-0.15, -0.1) is 0 Å². The molecule has 6 nitrogen and oxygen atoms in total. The van der Waals surface area contributed by atoms with Crippen molar-refractivity contribution in [2.75, 3.05) is 6.26 Å². The second kappa shape index (κ2) is 3.80. The highest BCUT2D eigenvalue weighted by Crippen LogP contribution is 2.46. The number of carboxylic acid groups (broad SMARTS) is 1. The Morgan fingerprint density at radius 2 is 2.21 bits per heavy atom. The molecule has 0 bridgehead atoms. The largest absolute Gasteiger partial charge is 0.481 e. The number of fused-ring (bicyclic) bond motifs is 1. The van der Waals surface area contributed by atoms with E-state index < -0.39 is 15.8 Å². The highest BCUT2D eigenvalue weighted by molar-refractivity contribution is 7.90. The summed E-state index contributed by atoms with van der Waals surface area (Å²) < 4.78 is 22.9. The van der Waals surface area contributed by atoms with Crippen LogP contribution in [0.15, 0.2) is 23.1 Å². The first-order valence-electron chi connectivity index (χ1n) is 5.79. The molecule has 1 heterocycles. The molecule has 0 radical (unpaired) electrons. The minimum atomic E-state index is -3.26. The highest BCUT2D eigenvalue weighted by Gasteiger charge is 2.46. The number of H-pyrrole nitrogens is 1. The molecule has 2 atom stereocenters. The van der Waals surface area contributed by atoms with Crippen LogP contribution in [0.3, 0.4) is 0 Å². The van der Waals surface area contributed by atoms with Crippen molar-refractivity contribution in [1.29, 1.82) is 0 Å². The number of hydrogen-bond donors (Lipinski definition) is 2. The molecule has 7 heteroatoms. The summed E-state index contributed by atoms with van der Waals surface area (Å²) in [6.45, 7) is 0. The van der Waals surface area contributed by atoms with Gasteiger partial charge in [0.25, 0.3) is 0 Å². The Bertz CT molecular complexity index is 778. The van der Waals surface area contributed by atoms with Gasteiger partial charge in [0.1, 0.15) is 5.82 Å². The average Bonchev–Trinajstić information content (AvgIpc) is 3.00. The third-order valence-electron chi connectivity index (χ3n) is 3.36. The molecule has 1 aliphatic rings. The van der Waals surface area contributed by atoms with Gasteiger partial charge in [0.2, 0.25) is 0 Å². The summed E-state index contributed by atoms with van der Waals surface area (Å²) >= 11 is 0.